The summed E-state index contributed by atoms with van der Waals surface area (Å²) in [4.78, 5) is 23.0. The predicted molar refractivity (Wildman–Crippen MR) is 91.1 cm³/mol. The number of fused-ring (bicyclic) bond motifs is 1. The number of hydrogen-bond acceptors (Lipinski definition) is 7. The van der Waals surface area contributed by atoms with Crippen LogP contribution in [-0.4, -0.2) is 47.5 Å². The zero-order valence-electron chi connectivity index (χ0n) is 14.4. The van der Waals surface area contributed by atoms with Gasteiger partial charge < -0.3 is 20.3 Å². The Kier molecular flexibility index (Phi) is 3.92. The molecule has 26 heavy (non-hydrogen) atoms. The molecule has 0 bridgehead atoms. The summed E-state index contributed by atoms with van der Waals surface area (Å²) >= 11 is 0. The van der Waals surface area contributed by atoms with Crippen LogP contribution in [0.5, 0.6) is 0 Å². The maximum atomic E-state index is 15.1. The van der Waals surface area contributed by atoms with E-state index in [0.29, 0.717) is 0 Å². The lowest BCUT2D eigenvalue weighted by Crippen LogP contribution is -2.33. The molecule has 2 aromatic rings. The van der Waals surface area contributed by atoms with Gasteiger partial charge in [-0.1, -0.05) is 5.92 Å². The SMILES string of the molecule is C#CC1(F)C(O)=C(CO)O[C@H]1n1cnc2c(=O)[nH]c(NC(C)(C)C)nc21. The molecule has 10 heteroatoms. The summed E-state index contributed by atoms with van der Waals surface area (Å²) < 4.78 is 21.5. The van der Waals surface area contributed by atoms with Gasteiger partial charge in [-0.3, -0.25) is 14.3 Å². The van der Waals surface area contributed by atoms with Gasteiger partial charge in [0.25, 0.3) is 11.2 Å². The fourth-order valence-corrected chi connectivity index (χ4v) is 2.60. The van der Waals surface area contributed by atoms with Gasteiger partial charge in [0, 0.05) is 5.54 Å². The second-order valence-corrected chi connectivity index (χ2v) is 6.87. The number of aromatic nitrogens is 4. The molecule has 0 saturated heterocycles. The zero-order chi connectivity index (χ0) is 19.3. The highest BCUT2D eigenvalue weighted by atomic mass is 19.1. The lowest BCUT2D eigenvalue weighted by Gasteiger charge is -2.23. The normalized spacial score (nSPS) is 23.2. The Morgan fingerprint density at radius 3 is 2.85 bits per heavy atom. The number of ether oxygens (including phenoxy) is 1. The van der Waals surface area contributed by atoms with Crippen LogP contribution in [0.25, 0.3) is 11.2 Å². The van der Waals surface area contributed by atoms with Crippen LogP contribution >= 0.6 is 0 Å². The minimum Gasteiger partial charge on any atom is -0.505 e. The van der Waals surface area contributed by atoms with Crippen molar-refractivity contribution in [1.29, 1.82) is 0 Å². The number of nitrogens with zero attached hydrogens (tertiary/aromatic N) is 3. The average Bonchev–Trinajstić information content (AvgIpc) is 3.07. The highest BCUT2D eigenvalue weighted by Crippen LogP contribution is 2.43. The molecule has 1 aliphatic heterocycles. The second kappa shape index (κ2) is 5.74. The van der Waals surface area contributed by atoms with E-state index in [1.165, 1.54) is 0 Å². The van der Waals surface area contributed by atoms with E-state index in [9.17, 15) is 15.0 Å². The highest BCUT2D eigenvalue weighted by Gasteiger charge is 2.53. The second-order valence-electron chi connectivity index (χ2n) is 6.87. The van der Waals surface area contributed by atoms with Gasteiger partial charge in [-0.15, -0.1) is 6.42 Å². The van der Waals surface area contributed by atoms with Crippen LogP contribution in [-0.2, 0) is 4.74 Å². The number of aliphatic hydroxyl groups is 2. The van der Waals surface area contributed by atoms with Crippen LogP contribution in [0.1, 0.15) is 27.0 Å². The molecule has 0 radical (unpaired) electrons. The molecule has 0 aliphatic carbocycles. The topological polar surface area (TPSA) is 125 Å². The van der Waals surface area contributed by atoms with Crippen molar-refractivity contribution in [2.75, 3.05) is 11.9 Å². The average molecular weight is 363 g/mol. The number of rotatable bonds is 3. The molecule has 0 fully saturated rings. The van der Waals surface area contributed by atoms with Crippen molar-refractivity contribution < 1.29 is 19.3 Å². The standard InChI is InChI=1S/C16H18FN5O4/c1-5-16(17)10(24)8(6-23)26-13(16)22-7-18-9-11(22)19-14(20-12(9)25)21-15(2,3)4/h1,7,13,23-24H,6H2,2-4H3,(H2,19,20,21,25)/t13-,16?/m1/s1. The van der Waals surface area contributed by atoms with Gasteiger partial charge in [-0.2, -0.15) is 4.98 Å². The molecule has 3 heterocycles. The minimum absolute atomic E-state index is 0.00904. The number of hydrogen-bond donors (Lipinski definition) is 4. The highest BCUT2D eigenvalue weighted by molar-refractivity contribution is 5.71. The molecule has 2 aromatic heterocycles. The van der Waals surface area contributed by atoms with Gasteiger partial charge in [0.1, 0.15) is 12.9 Å². The fourth-order valence-electron chi connectivity index (χ4n) is 2.60. The molecule has 0 aromatic carbocycles. The molecular weight excluding hydrogens is 345 g/mol. The molecule has 0 saturated carbocycles. The van der Waals surface area contributed by atoms with E-state index in [0.717, 1.165) is 10.9 Å². The molecule has 138 valence electrons. The van der Waals surface area contributed by atoms with Gasteiger partial charge in [-0.25, -0.2) is 9.37 Å². The Bertz CT molecular complexity index is 997. The molecule has 0 spiro atoms. The van der Waals surface area contributed by atoms with E-state index in [1.807, 2.05) is 26.7 Å². The van der Waals surface area contributed by atoms with Crippen molar-refractivity contribution in [3.63, 3.8) is 0 Å². The van der Waals surface area contributed by atoms with Crippen molar-refractivity contribution in [3.05, 3.63) is 28.2 Å². The van der Waals surface area contributed by atoms with Crippen LogP contribution in [0.3, 0.4) is 0 Å². The quantitative estimate of drug-likeness (QED) is 0.599. The molecule has 2 atom stereocenters. The number of halogens is 1. The third-order valence-corrected chi connectivity index (χ3v) is 3.73. The minimum atomic E-state index is -2.74. The van der Waals surface area contributed by atoms with E-state index in [4.69, 9.17) is 11.2 Å². The summed E-state index contributed by atoms with van der Waals surface area (Å²) in [5, 5.41) is 22.2. The number of nitrogens with one attached hydrogen (secondary N) is 2. The Morgan fingerprint density at radius 1 is 1.58 bits per heavy atom. The van der Waals surface area contributed by atoms with Crippen LogP contribution in [0, 0.1) is 12.3 Å². The first-order valence-corrected chi connectivity index (χ1v) is 7.72. The van der Waals surface area contributed by atoms with E-state index >= 15 is 4.39 Å². The lowest BCUT2D eigenvalue weighted by atomic mass is 10.0. The fraction of sp³-hybridized carbons (Fsp3) is 0.438. The van der Waals surface area contributed by atoms with Crippen molar-refractivity contribution in [2.24, 2.45) is 0 Å². The molecular formula is C16H18FN5O4. The Hall–Kier alpha value is -3.06. The van der Waals surface area contributed by atoms with Crippen molar-refractivity contribution in [3.8, 4) is 12.3 Å². The summed E-state index contributed by atoms with van der Waals surface area (Å²) in [5.74, 6) is 0.699. The zero-order valence-corrected chi connectivity index (χ0v) is 14.4. The van der Waals surface area contributed by atoms with Crippen LogP contribution in [0.15, 0.2) is 22.6 Å². The number of terminal acetylenes is 1. The summed E-state index contributed by atoms with van der Waals surface area (Å²) in [7, 11) is 0. The Labute approximate surface area is 147 Å². The largest absolute Gasteiger partial charge is 0.505 e. The van der Waals surface area contributed by atoms with E-state index < -0.39 is 41.1 Å². The van der Waals surface area contributed by atoms with Crippen LogP contribution < -0.4 is 10.9 Å². The maximum absolute atomic E-state index is 15.1. The first kappa shape index (κ1) is 17.8. The summed E-state index contributed by atoms with van der Waals surface area (Å²) in [5.41, 5.74) is -3.72. The first-order valence-electron chi connectivity index (χ1n) is 7.72. The van der Waals surface area contributed by atoms with Gasteiger partial charge in [0.05, 0.1) is 0 Å². The third-order valence-electron chi connectivity index (χ3n) is 3.73. The van der Waals surface area contributed by atoms with Gasteiger partial charge in [0.15, 0.2) is 22.7 Å². The number of aliphatic hydroxyl groups excluding tert-OH is 2. The maximum Gasteiger partial charge on any atom is 0.285 e. The lowest BCUT2D eigenvalue weighted by molar-refractivity contribution is -0.00626. The summed E-state index contributed by atoms with van der Waals surface area (Å²) in [6, 6.07) is 0. The number of anilines is 1. The number of alkyl halides is 1. The Morgan fingerprint density at radius 2 is 2.27 bits per heavy atom. The molecule has 0 amide bonds. The van der Waals surface area contributed by atoms with Gasteiger partial charge in [-0.05, 0) is 20.8 Å². The van der Waals surface area contributed by atoms with E-state index in [1.54, 1.807) is 0 Å². The Balaban J connectivity index is 2.15. The van der Waals surface area contributed by atoms with Crippen LogP contribution in [0.4, 0.5) is 10.3 Å². The van der Waals surface area contributed by atoms with Crippen molar-refractivity contribution in [1.82, 2.24) is 19.5 Å². The predicted octanol–water partition coefficient (Wildman–Crippen LogP) is 0.962. The van der Waals surface area contributed by atoms with E-state index in [2.05, 4.69) is 20.3 Å². The third kappa shape index (κ3) is 2.66. The monoisotopic (exact) mass is 363 g/mol. The van der Waals surface area contributed by atoms with E-state index in [-0.39, 0.29) is 17.1 Å². The molecule has 1 aliphatic rings. The van der Waals surface area contributed by atoms with Crippen molar-refractivity contribution >= 4 is 17.1 Å². The smallest absolute Gasteiger partial charge is 0.285 e. The molecule has 1 unspecified atom stereocenters. The van der Waals surface area contributed by atoms with Crippen LogP contribution in [0.2, 0.25) is 0 Å². The number of H-pyrrole nitrogens is 1. The van der Waals surface area contributed by atoms with Crippen molar-refractivity contribution in [2.45, 2.75) is 38.2 Å². The molecule has 4 N–H and O–H groups in total. The molecule has 9 nitrogen and oxygen atoms in total. The number of imidazole rings is 1. The number of aromatic amines is 1. The van der Waals surface area contributed by atoms with Gasteiger partial charge >= 0.3 is 0 Å². The molecule has 3 rings (SSSR count). The van der Waals surface area contributed by atoms with Gasteiger partial charge in [0.2, 0.25) is 12.2 Å². The first-order chi connectivity index (χ1) is 12.1. The summed E-state index contributed by atoms with van der Waals surface area (Å²) in [6.07, 6.45) is 4.81. The summed E-state index contributed by atoms with van der Waals surface area (Å²) in [6.45, 7) is 4.87.